The van der Waals surface area contributed by atoms with Crippen LogP contribution in [0.1, 0.15) is 11.6 Å². The Bertz CT molecular complexity index is 440. The van der Waals surface area contributed by atoms with Crippen LogP contribution in [0.5, 0.6) is 0 Å². The first kappa shape index (κ1) is 16.0. The second-order valence-corrected chi connectivity index (χ2v) is 4.19. The SMILES string of the molecule is NC(c1ccc(Cl)cc1F)C(C(F)(F)F)C(F)(F)F. The van der Waals surface area contributed by atoms with Gasteiger partial charge in [-0.3, -0.25) is 0 Å². The highest BCUT2D eigenvalue weighted by Crippen LogP contribution is 2.45. The van der Waals surface area contributed by atoms with Crippen molar-refractivity contribution < 1.29 is 30.7 Å². The number of rotatable bonds is 2. The number of hydrogen-bond acceptors (Lipinski definition) is 1. The maximum atomic E-state index is 13.3. The minimum absolute atomic E-state index is 0.163. The zero-order chi connectivity index (χ0) is 15.0. The summed E-state index contributed by atoms with van der Waals surface area (Å²) in [5, 5.41) is -0.163. The van der Waals surface area contributed by atoms with Gasteiger partial charge in [0.05, 0.1) is 6.04 Å². The van der Waals surface area contributed by atoms with E-state index in [1.807, 2.05) is 0 Å². The fraction of sp³-hybridized carbons (Fsp3) is 0.400. The van der Waals surface area contributed by atoms with Crippen molar-refractivity contribution in [1.82, 2.24) is 0 Å². The Morgan fingerprint density at radius 1 is 1.00 bits per heavy atom. The molecule has 1 rings (SSSR count). The summed E-state index contributed by atoms with van der Waals surface area (Å²) in [4.78, 5) is 0. The second kappa shape index (κ2) is 5.16. The van der Waals surface area contributed by atoms with Gasteiger partial charge in [-0.05, 0) is 12.1 Å². The highest BCUT2D eigenvalue weighted by atomic mass is 35.5. The van der Waals surface area contributed by atoms with E-state index >= 15 is 0 Å². The molecule has 0 spiro atoms. The molecule has 2 N–H and O–H groups in total. The van der Waals surface area contributed by atoms with Gasteiger partial charge in [-0.1, -0.05) is 17.7 Å². The Labute approximate surface area is 108 Å². The third-order valence-corrected chi connectivity index (χ3v) is 2.62. The number of nitrogens with two attached hydrogens (primary N) is 1. The Morgan fingerprint density at radius 3 is 1.84 bits per heavy atom. The van der Waals surface area contributed by atoms with E-state index in [-0.39, 0.29) is 5.02 Å². The Morgan fingerprint density at radius 2 is 1.47 bits per heavy atom. The maximum Gasteiger partial charge on any atom is 0.402 e. The summed E-state index contributed by atoms with van der Waals surface area (Å²) >= 11 is 5.36. The molecule has 1 atom stereocenters. The van der Waals surface area contributed by atoms with Gasteiger partial charge in [-0.15, -0.1) is 0 Å². The second-order valence-electron chi connectivity index (χ2n) is 3.75. The van der Waals surface area contributed by atoms with Crippen molar-refractivity contribution in [3.05, 3.63) is 34.6 Å². The minimum atomic E-state index is -5.64. The molecule has 0 saturated carbocycles. The largest absolute Gasteiger partial charge is 0.402 e. The van der Waals surface area contributed by atoms with Crippen LogP contribution in [0.4, 0.5) is 30.7 Å². The van der Waals surface area contributed by atoms with E-state index in [1.54, 1.807) is 0 Å². The van der Waals surface area contributed by atoms with Crippen LogP contribution in [0, 0.1) is 11.7 Å². The molecule has 0 aromatic heterocycles. The maximum absolute atomic E-state index is 13.3. The fourth-order valence-electron chi connectivity index (χ4n) is 1.54. The fourth-order valence-corrected chi connectivity index (χ4v) is 1.70. The molecule has 9 heteroatoms. The summed E-state index contributed by atoms with van der Waals surface area (Å²) in [7, 11) is 0. The molecular formula is C10H7ClF7N. The molecule has 0 fully saturated rings. The third-order valence-electron chi connectivity index (χ3n) is 2.39. The number of halogens is 8. The molecule has 0 aliphatic carbocycles. The van der Waals surface area contributed by atoms with Crippen LogP contribution < -0.4 is 5.73 Å². The van der Waals surface area contributed by atoms with Crippen LogP contribution in [0.15, 0.2) is 18.2 Å². The molecule has 19 heavy (non-hydrogen) atoms. The standard InChI is InChI=1S/C10H7ClF7N/c11-4-1-2-5(6(12)3-4)7(19)8(9(13,14)15)10(16,17)18/h1-3,7-8H,19H2. The molecular weight excluding hydrogens is 303 g/mol. The van der Waals surface area contributed by atoms with Crippen molar-refractivity contribution in [2.75, 3.05) is 0 Å². The van der Waals surface area contributed by atoms with E-state index in [0.29, 0.717) is 12.1 Å². The van der Waals surface area contributed by atoms with Crippen LogP contribution >= 0.6 is 11.6 Å². The van der Waals surface area contributed by atoms with Crippen LogP contribution in [-0.4, -0.2) is 12.4 Å². The van der Waals surface area contributed by atoms with Crippen LogP contribution in [0.2, 0.25) is 5.02 Å². The van der Waals surface area contributed by atoms with Gasteiger partial charge in [-0.2, -0.15) is 26.3 Å². The van der Waals surface area contributed by atoms with E-state index in [0.717, 1.165) is 6.07 Å². The van der Waals surface area contributed by atoms with Crippen LogP contribution in [0.25, 0.3) is 0 Å². The molecule has 0 amide bonds. The molecule has 1 nitrogen and oxygen atoms in total. The van der Waals surface area contributed by atoms with Gasteiger partial charge >= 0.3 is 12.4 Å². The summed E-state index contributed by atoms with van der Waals surface area (Å²) in [5.74, 6) is -5.17. The van der Waals surface area contributed by atoms with Crippen molar-refractivity contribution in [2.24, 2.45) is 11.7 Å². The summed E-state index contributed by atoms with van der Waals surface area (Å²) in [6.45, 7) is 0. The lowest BCUT2D eigenvalue weighted by atomic mass is 9.92. The first-order valence-electron chi connectivity index (χ1n) is 4.78. The average Bonchev–Trinajstić information content (AvgIpc) is 2.11. The number of benzene rings is 1. The lowest BCUT2D eigenvalue weighted by molar-refractivity contribution is -0.290. The highest BCUT2D eigenvalue weighted by molar-refractivity contribution is 6.30. The molecule has 108 valence electrons. The first-order valence-corrected chi connectivity index (χ1v) is 5.16. The van der Waals surface area contributed by atoms with Gasteiger partial charge in [0.1, 0.15) is 5.82 Å². The van der Waals surface area contributed by atoms with Gasteiger partial charge < -0.3 is 5.73 Å². The smallest absolute Gasteiger partial charge is 0.323 e. The molecule has 1 aromatic carbocycles. The van der Waals surface area contributed by atoms with E-state index in [4.69, 9.17) is 17.3 Å². The van der Waals surface area contributed by atoms with Crippen LogP contribution in [0.3, 0.4) is 0 Å². The van der Waals surface area contributed by atoms with Crippen molar-refractivity contribution in [2.45, 2.75) is 18.4 Å². The minimum Gasteiger partial charge on any atom is -0.323 e. The molecule has 0 aliphatic rings. The van der Waals surface area contributed by atoms with Crippen molar-refractivity contribution in [3.63, 3.8) is 0 Å². The molecule has 0 bridgehead atoms. The predicted molar refractivity (Wildman–Crippen MR) is 53.9 cm³/mol. The molecule has 0 saturated heterocycles. The molecule has 0 radical (unpaired) electrons. The third kappa shape index (κ3) is 3.73. The van der Waals surface area contributed by atoms with Crippen LogP contribution in [-0.2, 0) is 0 Å². The lowest BCUT2D eigenvalue weighted by Crippen LogP contribution is -2.44. The van der Waals surface area contributed by atoms with Gasteiger partial charge in [0, 0.05) is 10.6 Å². The quantitative estimate of drug-likeness (QED) is 0.813. The topological polar surface area (TPSA) is 26.0 Å². The zero-order valence-corrected chi connectivity index (χ0v) is 9.74. The monoisotopic (exact) mass is 309 g/mol. The van der Waals surface area contributed by atoms with Gasteiger partial charge in [-0.25, -0.2) is 4.39 Å². The molecule has 0 heterocycles. The summed E-state index contributed by atoms with van der Waals surface area (Å²) in [5.41, 5.74) is 4.04. The van der Waals surface area contributed by atoms with Gasteiger partial charge in [0.2, 0.25) is 0 Å². The Kier molecular flexibility index (Phi) is 4.36. The van der Waals surface area contributed by atoms with Gasteiger partial charge in [0.25, 0.3) is 0 Å². The predicted octanol–water partition coefficient (Wildman–Crippen LogP) is 4.22. The first-order chi connectivity index (χ1) is 8.44. The number of hydrogen-bond donors (Lipinski definition) is 1. The van der Waals surface area contributed by atoms with E-state index in [2.05, 4.69) is 0 Å². The highest BCUT2D eigenvalue weighted by Gasteiger charge is 2.60. The zero-order valence-electron chi connectivity index (χ0n) is 8.99. The van der Waals surface area contributed by atoms with Crippen molar-refractivity contribution in [3.8, 4) is 0 Å². The summed E-state index contributed by atoms with van der Waals surface area (Å²) < 4.78 is 87.8. The Balaban J connectivity index is 3.24. The lowest BCUT2D eigenvalue weighted by Gasteiger charge is -2.28. The number of alkyl halides is 6. The van der Waals surface area contributed by atoms with Crippen molar-refractivity contribution >= 4 is 11.6 Å². The van der Waals surface area contributed by atoms with Crippen molar-refractivity contribution in [1.29, 1.82) is 0 Å². The Hall–Kier alpha value is -1.02. The molecule has 0 aliphatic heterocycles. The summed E-state index contributed by atoms with van der Waals surface area (Å²) in [6, 6.07) is -0.339. The molecule has 1 aromatic rings. The normalized spacial score (nSPS) is 14.8. The molecule has 1 unspecified atom stereocenters. The van der Waals surface area contributed by atoms with E-state index < -0.39 is 35.7 Å². The van der Waals surface area contributed by atoms with Gasteiger partial charge in [0.15, 0.2) is 5.92 Å². The van der Waals surface area contributed by atoms with E-state index in [9.17, 15) is 30.7 Å². The summed E-state index contributed by atoms with van der Waals surface area (Å²) in [6.07, 6.45) is -11.3. The van der Waals surface area contributed by atoms with E-state index in [1.165, 1.54) is 0 Å². The average molecular weight is 310 g/mol.